The van der Waals surface area contributed by atoms with Crippen molar-refractivity contribution >= 4 is 5.69 Å². The van der Waals surface area contributed by atoms with Gasteiger partial charge in [0.2, 0.25) is 0 Å². The molecule has 0 aromatic heterocycles. The summed E-state index contributed by atoms with van der Waals surface area (Å²) in [6, 6.07) is 7.35. The highest BCUT2D eigenvalue weighted by atomic mass is 16.6. The number of hydrogen-bond acceptors (Lipinski definition) is 3. The Morgan fingerprint density at radius 3 is 2.61 bits per heavy atom. The lowest BCUT2D eigenvalue weighted by atomic mass is 10.0. The maximum Gasteiger partial charge on any atom is 0.272 e. The zero-order valence-corrected chi connectivity index (χ0v) is 11.2. The van der Waals surface area contributed by atoms with Gasteiger partial charge >= 0.3 is 0 Å². The summed E-state index contributed by atoms with van der Waals surface area (Å²) in [5.74, 6) is 0. The van der Waals surface area contributed by atoms with E-state index in [0.29, 0.717) is 6.04 Å². The summed E-state index contributed by atoms with van der Waals surface area (Å²) in [6.45, 7) is 5.23. The Kier molecular flexibility index (Phi) is 6.36. The van der Waals surface area contributed by atoms with E-state index in [-0.39, 0.29) is 10.6 Å². The van der Waals surface area contributed by atoms with Crippen molar-refractivity contribution in [3.63, 3.8) is 0 Å². The standard InChI is InChI=1S/C14H22N2O2/c1-3-7-13(15-10-4-2)11-12-8-5-6-9-14(12)16(17)18/h5-6,8-9,13,15H,3-4,7,10-11H2,1-2H3. The summed E-state index contributed by atoms with van der Waals surface area (Å²) < 4.78 is 0. The van der Waals surface area contributed by atoms with Gasteiger partial charge in [-0.2, -0.15) is 0 Å². The molecule has 1 atom stereocenters. The Morgan fingerprint density at radius 2 is 2.00 bits per heavy atom. The van der Waals surface area contributed by atoms with E-state index in [4.69, 9.17) is 0 Å². The summed E-state index contributed by atoms with van der Waals surface area (Å²) in [6.07, 6.45) is 3.94. The van der Waals surface area contributed by atoms with Crippen LogP contribution in [0.1, 0.15) is 38.7 Å². The molecule has 1 unspecified atom stereocenters. The van der Waals surface area contributed by atoms with Crippen LogP contribution in [0.3, 0.4) is 0 Å². The van der Waals surface area contributed by atoms with Gasteiger partial charge in [-0.1, -0.05) is 38.5 Å². The Bertz CT molecular complexity index is 380. The minimum Gasteiger partial charge on any atom is -0.314 e. The minimum atomic E-state index is -0.293. The molecule has 1 N–H and O–H groups in total. The molecule has 4 heteroatoms. The molecule has 0 aliphatic rings. The predicted molar refractivity (Wildman–Crippen MR) is 73.8 cm³/mol. The van der Waals surface area contributed by atoms with Crippen molar-refractivity contribution in [2.45, 2.75) is 45.6 Å². The van der Waals surface area contributed by atoms with Crippen LogP contribution < -0.4 is 5.32 Å². The van der Waals surface area contributed by atoms with E-state index in [1.165, 1.54) is 0 Å². The summed E-state index contributed by atoms with van der Waals surface area (Å²) in [4.78, 5) is 10.7. The molecule has 0 spiro atoms. The molecule has 0 aliphatic heterocycles. The Hall–Kier alpha value is -1.42. The molecule has 4 nitrogen and oxygen atoms in total. The van der Waals surface area contributed by atoms with E-state index in [1.807, 2.05) is 12.1 Å². The molecule has 100 valence electrons. The van der Waals surface area contributed by atoms with Crippen LogP contribution >= 0.6 is 0 Å². The number of nitro benzene ring substituents is 1. The Morgan fingerprint density at radius 1 is 1.28 bits per heavy atom. The van der Waals surface area contributed by atoms with Crippen molar-refractivity contribution in [2.24, 2.45) is 0 Å². The maximum atomic E-state index is 11.0. The topological polar surface area (TPSA) is 55.2 Å². The van der Waals surface area contributed by atoms with Crippen LogP contribution in [0, 0.1) is 10.1 Å². The second-order valence-electron chi connectivity index (χ2n) is 4.53. The van der Waals surface area contributed by atoms with Crippen LogP contribution in [-0.4, -0.2) is 17.5 Å². The molecule has 1 rings (SSSR count). The van der Waals surface area contributed by atoms with Crippen LogP contribution in [-0.2, 0) is 6.42 Å². The molecule has 0 radical (unpaired) electrons. The van der Waals surface area contributed by atoms with Gasteiger partial charge in [0, 0.05) is 17.7 Å². The highest BCUT2D eigenvalue weighted by molar-refractivity contribution is 5.40. The van der Waals surface area contributed by atoms with Crippen LogP contribution in [0.5, 0.6) is 0 Å². The van der Waals surface area contributed by atoms with Crippen LogP contribution in [0.4, 0.5) is 5.69 Å². The van der Waals surface area contributed by atoms with Crippen molar-refractivity contribution in [3.8, 4) is 0 Å². The average molecular weight is 250 g/mol. The number of nitrogens with zero attached hydrogens (tertiary/aromatic N) is 1. The van der Waals surface area contributed by atoms with Gasteiger partial charge in [-0.05, 0) is 25.8 Å². The van der Waals surface area contributed by atoms with Gasteiger partial charge in [0.1, 0.15) is 0 Å². The number of rotatable bonds is 8. The van der Waals surface area contributed by atoms with Crippen molar-refractivity contribution in [2.75, 3.05) is 6.54 Å². The summed E-state index contributed by atoms with van der Waals surface area (Å²) in [5.41, 5.74) is 1.06. The molecule has 0 bridgehead atoms. The molecule has 0 fully saturated rings. The van der Waals surface area contributed by atoms with Gasteiger partial charge in [-0.15, -0.1) is 0 Å². The number of nitro groups is 1. The lowest BCUT2D eigenvalue weighted by Gasteiger charge is -2.17. The molecule has 0 saturated carbocycles. The third kappa shape index (κ3) is 4.45. The van der Waals surface area contributed by atoms with E-state index in [1.54, 1.807) is 12.1 Å². The fourth-order valence-electron chi connectivity index (χ4n) is 2.10. The zero-order chi connectivity index (χ0) is 13.4. The SMILES string of the molecule is CCCNC(CCC)Cc1ccccc1[N+](=O)[O-]. The largest absolute Gasteiger partial charge is 0.314 e. The first-order valence-electron chi connectivity index (χ1n) is 6.64. The lowest BCUT2D eigenvalue weighted by Crippen LogP contribution is -2.31. The highest BCUT2D eigenvalue weighted by Gasteiger charge is 2.16. The third-order valence-corrected chi connectivity index (χ3v) is 2.97. The maximum absolute atomic E-state index is 11.0. The van der Waals surface area contributed by atoms with Gasteiger partial charge in [0.05, 0.1) is 4.92 Å². The molecule has 0 heterocycles. The van der Waals surface area contributed by atoms with Gasteiger partial charge < -0.3 is 5.32 Å². The minimum absolute atomic E-state index is 0.233. The molecular formula is C14H22N2O2. The van der Waals surface area contributed by atoms with Crippen molar-refractivity contribution < 1.29 is 4.92 Å². The lowest BCUT2D eigenvalue weighted by molar-refractivity contribution is -0.385. The molecule has 0 amide bonds. The summed E-state index contributed by atoms with van der Waals surface area (Å²) >= 11 is 0. The van der Waals surface area contributed by atoms with E-state index in [2.05, 4.69) is 19.2 Å². The fourth-order valence-corrected chi connectivity index (χ4v) is 2.10. The second-order valence-corrected chi connectivity index (χ2v) is 4.53. The monoisotopic (exact) mass is 250 g/mol. The molecule has 18 heavy (non-hydrogen) atoms. The molecular weight excluding hydrogens is 228 g/mol. The predicted octanol–water partition coefficient (Wildman–Crippen LogP) is 3.31. The smallest absolute Gasteiger partial charge is 0.272 e. The van der Waals surface area contributed by atoms with Gasteiger partial charge in [-0.25, -0.2) is 0 Å². The van der Waals surface area contributed by atoms with Gasteiger partial charge in [0.15, 0.2) is 0 Å². The summed E-state index contributed by atoms with van der Waals surface area (Å²) in [7, 11) is 0. The van der Waals surface area contributed by atoms with Crippen molar-refractivity contribution in [3.05, 3.63) is 39.9 Å². The van der Waals surface area contributed by atoms with Crippen LogP contribution in [0.15, 0.2) is 24.3 Å². The number of benzene rings is 1. The van der Waals surface area contributed by atoms with E-state index < -0.39 is 0 Å². The van der Waals surface area contributed by atoms with Gasteiger partial charge in [-0.3, -0.25) is 10.1 Å². The molecule has 0 aliphatic carbocycles. The molecule has 0 saturated heterocycles. The highest BCUT2D eigenvalue weighted by Crippen LogP contribution is 2.20. The van der Waals surface area contributed by atoms with Gasteiger partial charge in [0.25, 0.3) is 5.69 Å². The third-order valence-electron chi connectivity index (χ3n) is 2.97. The average Bonchev–Trinajstić information content (AvgIpc) is 2.36. The normalized spacial score (nSPS) is 12.3. The van der Waals surface area contributed by atoms with Crippen molar-refractivity contribution in [1.82, 2.24) is 5.32 Å². The van der Waals surface area contributed by atoms with Crippen LogP contribution in [0.2, 0.25) is 0 Å². The number of nitrogens with one attached hydrogen (secondary N) is 1. The quantitative estimate of drug-likeness (QED) is 0.569. The first-order chi connectivity index (χ1) is 8.69. The van der Waals surface area contributed by atoms with E-state index in [9.17, 15) is 10.1 Å². The van der Waals surface area contributed by atoms with Crippen molar-refractivity contribution in [1.29, 1.82) is 0 Å². The van der Waals surface area contributed by atoms with E-state index >= 15 is 0 Å². The number of hydrogen-bond donors (Lipinski definition) is 1. The zero-order valence-electron chi connectivity index (χ0n) is 11.2. The first kappa shape index (κ1) is 14.6. The fraction of sp³-hybridized carbons (Fsp3) is 0.571. The van der Waals surface area contributed by atoms with Crippen LogP contribution in [0.25, 0.3) is 0 Å². The molecule has 1 aromatic rings. The summed E-state index contributed by atoms with van der Waals surface area (Å²) in [5, 5.41) is 14.4. The Labute approximate surface area is 109 Å². The Balaban J connectivity index is 2.76. The number of para-hydroxylation sites is 1. The second kappa shape index (κ2) is 7.82. The first-order valence-corrected chi connectivity index (χ1v) is 6.64. The molecule has 1 aromatic carbocycles. The van der Waals surface area contributed by atoms with E-state index in [0.717, 1.165) is 37.8 Å².